The highest BCUT2D eigenvalue weighted by atomic mass is 32.2. The molecule has 5 heteroatoms. The molecule has 1 unspecified atom stereocenters. The standard InChI is InChI=1S/C11H13NO3S/c1-3-5-9-6-4-7-10(16(13,14)15)11(9)8(2)12/h1,4-6,10H,7,12H2,2H3,(H,13,14,15)/b9-5-,11-8-. The Morgan fingerprint density at radius 2 is 2.38 bits per heavy atom. The molecule has 0 aliphatic heterocycles. The second-order valence-corrected chi connectivity index (χ2v) is 5.10. The van der Waals surface area contributed by atoms with Gasteiger partial charge < -0.3 is 5.73 Å². The Bertz CT molecular complexity index is 514. The molecule has 0 amide bonds. The third-order valence-corrected chi connectivity index (χ3v) is 3.45. The van der Waals surface area contributed by atoms with Crippen LogP contribution in [-0.2, 0) is 10.1 Å². The zero-order valence-corrected chi connectivity index (χ0v) is 9.66. The fourth-order valence-corrected chi connectivity index (χ4v) is 2.65. The molecule has 16 heavy (non-hydrogen) atoms. The van der Waals surface area contributed by atoms with Crippen LogP contribution in [0.15, 0.2) is 35.1 Å². The van der Waals surface area contributed by atoms with Gasteiger partial charge in [-0.15, -0.1) is 6.42 Å². The lowest BCUT2D eigenvalue weighted by atomic mass is 9.93. The Hall–Kier alpha value is -1.51. The van der Waals surface area contributed by atoms with Gasteiger partial charge >= 0.3 is 0 Å². The van der Waals surface area contributed by atoms with Gasteiger partial charge in [-0.25, -0.2) is 0 Å². The van der Waals surface area contributed by atoms with Gasteiger partial charge in [-0.05, 0) is 30.6 Å². The molecule has 3 N–H and O–H groups in total. The van der Waals surface area contributed by atoms with Crippen LogP contribution in [0.25, 0.3) is 0 Å². The number of rotatable bonds is 1. The molecule has 4 nitrogen and oxygen atoms in total. The Labute approximate surface area is 95.3 Å². The lowest BCUT2D eigenvalue weighted by molar-refractivity contribution is 0.472. The Balaban J connectivity index is 3.40. The molecule has 0 fully saturated rings. The van der Waals surface area contributed by atoms with E-state index in [1.54, 1.807) is 19.1 Å². The number of terminal acetylenes is 1. The highest BCUT2D eigenvalue weighted by Crippen LogP contribution is 2.29. The first-order valence-corrected chi connectivity index (χ1v) is 6.14. The van der Waals surface area contributed by atoms with E-state index in [0.29, 0.717) is 16.8 Å². The average molecular weight is 239 g/mol. The molecule has 86 valence electrons. The SMILES string of the molecule is C#C/C=C1/C=CCC(S(=O)(=O)O)/C1=C(/C)N. The lowest BCUT2D eigenvalue weighted by Crippen LogP contribution is -2.27. The van der Waals surface area contributed by atoms with Gasteiger partial charge in [-0.3, -0.25) is 4.55 Å². The van der Waals surface area contributed by atoms with Crippen LogP contribution >= 0.6 is 0 Å². The third-order valence-electron chi connectivity index (χ3n) is 2.30. The van der Waals surface area contributed by atoms with Crippen LogP contribution < -0.4 is 5.73 Å². The molecule has 0 spiro atoms. The zero-order chi connectivity index (χ0) is 12.3. The van der Waals surface area contributed by atoms with Crippen LogP contribution in [0.3, 0.4) is 0 Å². The maximum atomic E-state index is 11.2. The summed E-state index contributed by atoms with van der Waals surface area (Å²) in [6.45, 7) is 1.58. The molecule has 1 aliphatic rings. The highest BCUT2D eigenvalue weighted by Gasteiger charge is 2.31. The predicted molar refractivity (Wildman–Crippen MR) is 62.9 cm³/mol. The largest absolute Gasteiger partial charge is 0.402 e. The van der Waals surface area contributed by atoms with Crippen molar-refractivity contribution >= 4 is 10.1 Å². The van der Waals surface area contributed by atoms with Crippen LogP contribution in [0, 0.1) is 12.3 Å². The molecule has 0 bridgehead atoms. The summed E-state index contributed by atoms with van der Waals surface area (Å²) in [5.41, 5.74) is 6.91. The third kappa shape index (κ3) is 2.54. The van der Waals surface area contributed by atoms with Crippen molar-refractivity contribution in [2.24, 2.45) is 5.73 Å². The van der Waals surface area contributed by atoms with E-state index in [2.05, 4.69) is 5.92 Å². The minimum absolute atomic E-state index is 0.199. The van der Waals surface area contributed by atoms with Gasteiger partial charge in [-0.2, -0.15) is 8.42 Å². The fraction of sp³-hybridized carbons (Fsp3) is 0.273. The molecular formula is C11H13NO3S. The molecule has 1 atom stereocenters. The van der Waals surface area contributed by atoms with Crippen LogP contribution in [0.5, 0.6) is 0 Å². The van der Waals surface area contributed by atoms with Gasteiger partial charge in [-0.1, -0.05) is 18.1 Å². The first kappa shape index (κ1) is 12.6. The van der Waals surface area contributed by atoms with E-state index in [0.717, 1.165) is 0 Å². The smallest absolute Gasteiger partial charge is 0.272 e. The van der Waals surface area contributed by atoms with Gasteiger partial charge in [0, 0.05) is 5.70 Å². The van der Waals surface area contributed by atoms with Gasteiger partial charge in [0.1, 0.15) is 5.25 Å². The number of nitrogens with two attached hydrogens (primary N) is 1. The summed E-state index contributed by atoms with van der Waals surface area (Å²) in [5.74, 6) is 2.31. The van der Waals surface area contributed by atoms with E-state index in [-0.39, 0.29) is 6.42 Å². The highest BCUT2D eigenvalue weighted by molar-refractivity contribution is 7.86. The number of allylic oxidation sites excluding steroid dienone is 5. The van der Waals surface area contributed by atoms with Crippen molar-refractivity contribution in [3.63, 3.8) is 0 Å². The summed E-state index contributed by atoms with van der Waals surface area (Å²) >= 11 is 0. The summed E-state index contributed by atoms with van der Waals surface area (Å²) in [5, 5.41) is -1.03. The summed E-state index contributed by atoms with van der Waals surface area (Å²) in [6, 6.07) is 0. The van der Waals surface area contributed by atoms with Gasteiger partial charge in [0.25, 0.3) is 10.1 Å². The molecule has 0 heterocycles. The van der Waals surface area contributed by atoms with Crippen molar-refractivity contribution in [2.45, 2.75) is 18.6 Å². The summed E-state index contributed by atoms with van der Waals surface area (Å²) < 4.78 is 31.5. The normalized spacial score (nSPS) is 26.6. The van der Waals surface area contributed by atoms with Crippen LogP contribution in [0.2, 0.25) is 0 Å². The second-order valence-electron chi connectivity index (χ2n) is 3.50. The maximum Gasteiger partial charge on any atom is 0.272 e. The van der Waals surface area contributed by atoms with Gasteiger partial charge in [0.2, 0.25) is 0 Å². The van der Waals surface area contributed by atoms with Crippen molar-refractivity contribution in [3.05, 3.63) is 35.1 Å². The van der Waals surface area contributed by atoms with Crippen molar-refractivity contribution in [3.8, 4) is 12.3 Å². The molecule has 1 rings (SSSR count). The topological polar surface area (TPSA) is 80.4 Å². The van der Waals surface area contributed by atoms with Crippen molar-refractivity contribution < 1.29 is 13.0 Å². The molecule has 0 aromatic heterocycles. The van der Waals surface area contributed by atoms with E-state index >= 15 is 0 Å². The van der Waals surface area contributed by atoms with E-state index in [1.165, 1.54) is 6.08 Å². The summed E-state index contributed by atoms with van der Waals surface area (Å²) in [4.78, 5) is 0. The van der Waals surface area contributed by atoms with Crippen molar-refractivity contribution in [1.82, 2.24) is 0 Å². The number of hydrogen-bond acceptors (Lipinski definition) is 3. The van der Waals surface area contributed by atoms with Gasteiger partial charge in [0.05, 0.1) is 0 Å². The lowest BCUT2D eigenvalue weighted by Gasteiger charge is -2.22. The van der Waals surface area contributed by atoms with Crippen LogP contribution in [-0.4, -0.2) is 18.2 Å². The zero-order valence-electron chi connectivity index (χ0n) is 8.84. The first-order chi connectivity index (χ1) is 7.38. The van der Waals surface area contributed by atoms with E-state index < -0.39 is 15.4 Å². The van der Waals surface area contributed by atoms with E-state index in [9.17, 15) is 8.42 Å². The first-order valence-electron chi connectivity index (χ1n) is 4.63. The van der Waals surface area contributed by atoms with E-state index in [4.69, 9.17) is 16.7 Å². The van der Waals surface area contributed by atoms with Crippen molar-refractivity contribution in [1.29, 1.82) is 0 Å². The average Bonchev–Trinajstić information content (AvgIpc) is 2.16. The minimum atomic E-state index is -4.17. The predicted octanol–water partition coefficient (Wildman–Crippen LogP) is 0.995. The maximum absolute atomic E-state index is 11.2. The van der Waals surface area contributed by atoms with Crippen LogP contribution in [0.4, 0.5) is 0 Å². The minimum Gasteiger partial charge on any atom is -0.402 e. The molecule has 0 saturated heterocycles. The Morgan fingerprint density at radius 1 is 1.75 bits per heavy atom. The van der Waals surface area contributed by atoms with E-state index in [1.807, 2.05) is 0 Å². The molecule has 0 aromatic carbocycles. The molecule has 0 aromatic rings. The molecule has 0 radical (unpaired) electrons. The Kier molecular flexibility index (Phi) is 3.58. The van der Waals surface area contributed by atoms with Crippen molar-refractivity contribution in [2.75, 3.05) is 0 Å². The second kappa shape index (κ2) is 4.56. The number of hydrogen-bond donors (Lipinski definition) is 2. The quantitative estimate of drug-likeness (QED) is 0.528. The Morgan fingerprint density at radius 3 is 2.81 bits per heavy atom. The summed E-state index contributed by atoms with van der Waals surface area (Å²) in [7, 11) is -4.17. The molecular weight excluding hydrogens is 226 g/mol. The fourth-order valence-electron chi connectivity index (χ4n) is 1.68. The van der Waals surface area contributed by atoms with Gasteiger partial charge in [0.15, 0.2) is 0 Å². The monoisotopic (exact) mass is 239 g/mol. The molecule has 1 aliphatic carbocycles. The molecule has 0 saturated carbocycles. The summed E-state index contributed by atoms with van der Waals surface area (Å²) in [6.07, 6.45) is 10.1. The van der Waals surface area contributed by atoms with Crippen LogP contribution in [0.1, 0.15) is 13.3 Å².